The Kier molecular flexibility index (Phi) is 4.77. The van der Waals surface area contributed by atoms with Crippen LogP contribution in [0.2, 0.25) is 0 Å². The molecule has 1 aromatic rings. The highest BCUT2D eigenvalue weighted by Crippen LogP contribution is 2.25. The summed E-state index contributed by atoms with van der Waals surface area (Å²) < 4.78 is 0.991. The maximum atomic E-state index is 9.16. The van der Waals surface area contributed by atoms with Gasteiger partial charge in [0.05, 0.1) is 13.2 Å². The topological polar surface area (TPSA) is 52.5 Å². The molecule has 4 heteroatoms. The van der Waals surface area contributed by atoms with E-state index in [1.807, 2.05) is 32.0 Å². The van der Waals surface area contributed by atoms with Crippen LogP contribution in [0.15, 0.2) is 22.7 Å². The minimum atomic E-state index is -0.496. The Hall–Kier alpha value is -0.580. The summed E-state index contributed by atoms with van der Waals surface area (Å²) in [6.45, 7) is 4.31. The lowest BCUT2D eigenvalue weighted by molar-refractivity contribution is 0.0806. The SMILES string of the molecule is Cc1ccc(NCC(C)(CO)CO)c(Br)c1. The molecule has 0 amide bonds. The second-order valence-electron chi connectivity index (χ2n) is 4.46. The Bertz CT molecular complexity index is 351. The molecule has 1 aromatic carbocycles. The standard InChI is InChI=1S/C12H18BrNO2/c1-9-3-4-11(10(13)5-9)14-6-12(2,7-15)8-16/h3-5,14-16H,6-8H2,1-2H3. The van der Waals surface area contributed by atoms with Gasteiger partial charge in [-0.3, -0.25) is 0 Å². The second kappa shape index (κ2) is 5.66. The third kappa shape index (κ3) is 3.47. The molecule has 3 nitrogen and oxygen atoms in total. The summed E-state index contributed by atoms with van der Waals surface area (Å²) in [7, 11) is 0. The zero-order valence-electron chi connectivity index (χ0n) is 9.63. The Morgan fingerprint density at radius 3 is 2.44 bits per heavy atom. The number of hydrogen-bond acceptors (Lipinski definition) is 3. The molecule has 0 saturated heterocycles. The van der Waals surface area contributed by atoms with Gasteiger partial charge in [-0.25, -0.2) is 0 Å². The Balaban J connectivity index is 2.67. The van der Waals surface area contributed by atoms with Crippen LogP contribution < -0.4 is 5.32 Å². The van der Waals surface area contributed by atoms with Crippen molar-refractivity contribution in [3.63, 3.8) is 0 Å². The molecule has 1 rings (SSSR count). The predicted octanol–water partition coefficient (Wildman–Crippen LogP) is 2.16. The molecule has 0 aromatic heterocycles. The Morgan fingerprint density at radius 2 is 1.94 bits per heavy atom. The average Bonchev–Trinajstić information content (AvgIpc) is 2.27. The molecule has 3 N–H and O–H groups in total. The summed E-state index contributed by atoms with van der Waals surface area (Å²) in [5, 5.41) is 21.5. The molecule has 0 saturated carbocycles. The minimum absolute atomic E-state index is 0.0417. The number of nitrogens with one attached hydrogen (secondary N) is 1. The molecule has 0 unspecified atom stereocenters. The first kappa shape index (κ1) is 13.5. The van der Waals surface area contributed by atoms with Crippen LogP contribution in [0.1, 0.15) is 12.5 Å². The van der Waals surface area contributed by atoms with E-state index in [-0.39, 0.29) is 13.2 Å². The van der Waals surface area contributed by atoms with E-state index in [0.717, 1.165) is 10.2 Å². The fraction of sp³-hybridized carbons (Fsp3) is 0.500. The fourth-order valence-electron chi connectivity index (χ4n) is 1.23. The van der Waals surface area contributed by atoms with Gasteiger partial charge in [-0.1, -0.05) is 13.0 Å². The van der Waals surface area contributed by atoms with Crippen molar-refractivity contribution < 1.29 is 10.2 Å². The van der Waals surface area contributed by atoms with E-state index in [1.165, 1.54) is 5.56 Å². The van der Waals surface area contributed by atoms with Crippen LogP contribution in [0.5, 0.6) is 0 Å². The van der Waals surface area contributed by atoms with Gasteiger partial charge in [0.15, 0.2) is 0 Å². The van der Waals surface area contributed by atoms with Crippen LogP contribution in [-0.2, 0) is 0 Å². The zero-order chi connectivity index (χ0) is 12.2. The van der Waals surface area contributed by atoms with Crippen molar-refractivity contribution >= 4 is 21.6 Å². The molecule has 0 aliphatic carbocycles. The van der Waals surface area contributed by atoms with Gasteiger partial charge < -0.3 is 15.5 Å². The Morgan fingerprint density at radius 1 is 1.31 bits per heavy atom. The molecule has 0 fully saturated rings. The molecule has 0 bridgehead atoms. The molecule has 0 atom stereocenters. The number of aryl methyl sites for hydroxylation is 1. The molecule has 0 aliphatic rings. The molecule has 0 spiro atoms. The summed E-state index contributed by atoms with van der Waals surface area (Å²) in [6, 6.07) is 6.02. The van der Waals surface area contributed by atoms with Gasteiger partial charge in [0, 0.05) is 22.1 Å². The molecular formula is C12H18BrNO2. The summed E-state index contributed by atoms with van der Waals surface area (Å²) >= 11 is 3.47. The van der Waals surface area contributed by atoms with E-state index >= 15 is 0 Å². The van der Waals surface area contributed by atoms with Crippen molar-refractivity contribution in [3.8, 4) is 0 Å². The number of hydrogen-bond donors (Lipinski definition) is 3. The third-order valence-corrected chi connectivity index (χ3v) is 3.25. The zero-order valence-corrected chi connectivity index (χ0v) is 11.2. The van der Waals surface area contributed by atoms with E-state index in [1.54, 1.807) is 0 Å². The van der Waals surface area contributed by atoms with Gasteiger partial charge in [-0.2, -0.15) is 0 Å². The van der Waals surface area contributed by atoms with Crippen molar-refractivity contribution in [2.45, 2.75) is 13.8 Å². The Labute approximate surface area is 105 Å². The van der Waals surface area contributed by atoms with E-state index in [2.05, 4.69) is 21.2 Å². The van der Waals surface area contributed by atoms with Crippen LogP contribution >= 0.6 is 15.9 Å². The predicted molar refractivity (Wildman–Crippen MR) is 69.6 cm³/mol. The number of anilines is 1. The van der Waals surface area contributed by atoms with Crippen LogP contribution in [0, 0.1) is 12.3 Å². The molecule has 0 radical (unpaired) electrons. The number of aliphatic hydroxyl groups is 2. The summed E-state index contributed by atoms with van der Waals surface area (Å²) in [6.07, 6.45) is 0. The lowest BCUT2D eigenvalue weighted by Gasteiger charge is -2.25. The third-order valence-electron chi connectivity index (χ3n) is 2.59. The van der Waals surface area contributed by atoms with Crippen LogP contribution in [-0.4, -0.2) is 30.0 Å². The van der Waals surface area contributed by atoms with Crippen LogP contribution in [0.4, 0.5) is 5.69 Å². The summed E-state index contributed by atoms with van der Waals surface area (Å²) in [5.74, 6) is 0. The van der Waals surface area contributed by atoms with Crippen molar-refractivity contribution in [3.05, 3.63) is 28.2 Å². The number of aliphatic hydroxyl groups excluding tert-OH is 2. The van der Waals surface area contributed by atoms with E-state index in [0.29, 0.717) is 6.54 Å². The summed E-state index contributed by atoms with van der Waals surface area (Å²) in [5.41, 5.74) is 1.66. The first-order valence-corrected chi connectivity index (χ1v) is 6.02. The second-order valence-corrected chi connectivity index (χ2v) is 5.32. The monoisotopic (exact) mass is 287 g/mol. The summed E-state index contributed by atoms with van der Waals surface area (Å²) in [4.78, 5) is 0. The van der Waals surface area contributed by atoms with Gasteiger partial charge in [0.2, 0.25) is 0 Å². The smallest absolute Gasteiger partial charge is 0.0523 e. The minimum Gasteiger partial charge on any atom is -0.396 e. The van der Waals surface area contributed by atoms with E-state index in [9.17, 15) is 0 Å². The lowest BCUT2D eigenvalue weighted by Crippen LogP contribution is -2.34. The molecule has 90 valence electrons. The van der Waals surface area contributed by atoms with Crippen LogP contribution in [0.25, 0.3) is 0 Å². The molecule has 0 aliphatic heterocycles. The van der Waals surface area contributed by atoms with Crippen molar-refractivity contribution in [1.82, 2.24) is 0 Å². The van der Waals surface area contributed by atoms with Gasteiger partial charge in [0.25, 0.3) is 0 Å². The highest BCUT2D eigenvalue weighted by atomic mass is 79.9. The van der Waals surface area contributed by atoms with E-state index < -0.39 is 5.41 Å². The maximum absolute atomic E-state index is 9.16. The van der Waals surface area contributed by atoms with Crippen LogP contribution in [0.3, 0.4) is 0 Å². The molecular weight excluding hydrogens is 270 g/mol. The van der Waals surface area contributed by atoms with Crippen molar-refractivity contribution in [2.75, 3.05) is 25.1 Å². The molecule has 0 heterocycles. The highest BCUT2D eigenvalue weighted by molar-refractivity contribution is 9.10. The fourth-order valence-corrected chi connectivity index (χ4v) is 1.87. The first-order chi connectivity index (χ1) is 7.50. The normalized spacial score (nSPS) is 11.6. The lowest BCUT2D eigenvalue weighted by atomic mass is 9.93. The van der Waals surface area contributed by atoms with Gasteiger partial charge in [-0.05, 0) is 40.5 Å². The van der Waals surface area contributed by atoms with Gasteiger partial charge in [0.1, 0.15) is 0 Å². The van der Waals surface area contributed by atoms with Crippen molar-refractivity contribution in [2.24, 2.45) is 5.41 Å². The average molecular weight is 288 g/mol. The van der Waals surface area contributed by atoms with Gasteiger partial charge >= 0.3 is 0 Å². The number of rotatable bonds is 5. The molecule has 16 heavy (non-hydrogen) atoms. The quantitative estimate of drug-likeness (QED) is 0.778. The van der Waals surface area contributed by atoms with Crippen molar-refractivity contribution in [1.29, 1.82) is 0 Å². The first-order valence-electron chi connectivity index (χ1n) is 5.22. The maximum Gasteiger partial charge on any atom is 0.0523 e. The number of halogens is 1. The largest absolute Gasteiger partial charge is 0.396 e. The number of benzene rings is 1. The van der Waals surface area contributed by atoms with Gasteiger partial charge in [-0.15, -0.1) is 0 Å². The highest BCUT2D eigenvalue weighted by Gasteiger charge is 2.22. The van der Waals surface area contributed by atoms with E-state index in [4.69, 9.17) is 10.2 Å².